The molecule has 1 fully saturated rings. The zero-order valence-corrected chi connectivity index (χ0v) is 17.6. The highest BCUT2D eigenvalue weighted by Gasteiger charge is 2.29. The number of hydrogen-bond acceptors (Lipinski definition) is 8. The van der Waals surface area contributed by atoms with Crippen LogP contribution in [0.2, 0.25) is 0 Å². The third-order valence-electron chi connectivity index (χ3n) is 5.12. The Bertz CT molecular complexity index is 1250. The largest absolute Gasteiger partial charge is 0.364 e. The molecule has 0 spiro atoms. The molecular formula is C20H19N5O3S2. The van der Waals surface area contributed by atoms with Crippen LogP contribution in [-0.4, -0.2) is 54.0 Å². The maximum Gasteiger partial charge on any atom is 0.220 e. The number of anilines is 1. The molecule has 154 valence electrons. The van der Waals surface area contributed by atoms with Crippen molar-refractivity contribution in [3.63, 3.8) is 0 Å². The highest BCUT2D eigenvalue weighted by atomic mass is 32.2. The SMILES string of the molecule is O=S(=O)(Cc1ccon1)N1CCN(c2ncnc3sc(-c4ccccc4)cc23)CC1. The van der Waals surface area contributed by atoms with Gasteiger partial charge in [-0.2, -0.15) is 4.31 Å². The molecule has 8 nitrogen and oxygen atoms in total. The van der Waals surface area contributed by atoms with E-state index in [9.17, 15) is 8.42 Å². The first-order chi connectivity index (χ1) is 14.6. The molecule has 1 aliphatic rings. The fourth-order valence-electron chi connectivity index (χ4n) is 3.61. The topological polar surface area (TPSA) is 92.4 Å². The summed E-state index contributed by atoms with van der Waals surface area (Å²) in [5.74, 6) is 0.707. The standard InChI is InChI=1S/C20H19N5O3S2/c26-30(27,13-16-6-11-28-23-16)25-9-7-24(8-10-25)19-17-12-18(15-4-2-1-3-5-15)29-20(17)22-14-21-19/h1-6,11-12,14H,7-10,13H2. The lowest BCUT2D eigenvalue weighted by Gasteiger charge is -2.34. The fraction of sp³-hybridized carbons (Fsp3) is 0.250. The van der Waals surface area contributed by atoms with Crippen LogP contribution < -0.4 is 4.90 Å². The summed E-state index contributed by atoms with van der Waals surface area (Å²) in [5, 5.41) is 4.71. The van der Waals surface area contributed by atoms with Crippen molar-refractivity contribution in [3.05, 3.63) is 60.7 Å². The van der Waals surface area contributed by atoms with Gasteiger partial charge >= 0.3 is 0 Å². The summed E-state index contributed by atoms with van der Waals surface area (Å²) in [6.45, 7) is 1.95. The summed E-state index contributed by atoms with van der Waals surface area (Å²) in [6, 6.07) is 13.9. The van der Waals surface area contributed by atoms with Crippen molar-refractivity contribution in [2.24, 2.45) is 0 Å². The minimum Gasteiger partial charge on any atom is -0.364 e. The predicted molar refractivity (Wildman–Crippen MR) is 116 cm³/mol. The molecule has 5 rings (SSSR count). The van der Waals surface area contributed by atoms with Gasteiger partial charge in [-0.05, 0) is 11.6 Å². The summed E-state index contributed by atoms with van der Waals surface area (Å²) in [7, 11) is -3.43. The van der Waals surface area contributed by atoms with E-state index >= 15 is 0 Å². The van der Waals surface area contributed by atoms with Gasteiger partial charge in [0.15, 0.2) is 0 Å². The van der Waals surface area contributed by atoms with E-state index < -0.39 is 10.0 Å². The van der Waals surface area contributed by atoms with Crippen LogP contribution in [0.5, 0.6) is 0 Å². The highest BCUT2D eigenvalue weighted by molar-refractivity contribution is 7.88. The van der Waals surface area contributed by atoms with Crippen LogP contribution in [0.1, 0.15) is 5.69 Å². The second kappa shape index (κ2) is 7.78. The van der Waals surface area contributed by atoms with Crippen molar-refractivity contribution in [3.8, 4) is 10.4 Å². The number of piperazine rings is 1. The van der Waals surface area contributed by atoms with E-state index in [1.807, 2.05) is 18.2 Å². The molecule has 3 aromatic heterocycles. The van der Waals surface area contributed by atoms with Crippen LogP contribution in [0.4, 0.5) is 5.82 Å². The van der Waals surface area contributed by atoms with Gasteiger partial charge in [0, 0.05) is 37.1 Å². The van der Waals surface area contributed by atoms with Crippen molar-refractivity contribution in [2.75, 3.05) is 31.1 Å². The quantitative estimate of drug-likeness (QED) is 0.470. The van der Waals surface area contributed by atoms with Gasteiger partial charge in [-0.25, -0.2) is 18.4 Å². The van der Waals surface area contributed by atoms with E-state index in [-0.39, 0.29) is 5.75 Å². The fourth-order valence-corrected chi connectivity index (χ4v) is 6.03. The molecule has 4 heterocycles. The Balaban J connectivity index is 1.35. The van der Waals surface area contributed by atoms with Crippen LogP contribution in [0.15, 0.2) is 59.6 Å². The van der Waals surface area contributed by atoms with Crippen molar-refractivity contribution in [1.29, 1.82) is 0 Å². The Morgan fingerprint density at radius 2 is 1.83 bits per heavy atom. The van der Waals surface area contributed by atoms with Gasteiger partial charge in [-0.1, -0.05) is 35.5 Å². The second-order valence-corrected chi connectivity index (χ2v) is 10.0. The van der Waals surface area contributed by atoms with Gasteiger partial charge in [0.25, 0.3) is 0 Å². The number of fused-ring (bicyclic) bond motifs is 1. The monoisotopic (exact) mass is 441 g/mol. The lowest BCUT2D eigenvalue weighted by molar-refractivity contribution is 0.381. The molecule has 4 aromatic rings. The molecule has 0 unspecified atom stereocenters. The molecule has 0 aliphatic carbocycles. The van der Waals surface area contributed by atoms with Crippen LogP contribution in [0.25, 0.3) is 20.7 Å². The zero-order chi connectivity index (χ0) is 20.6. The van der Waals surface area contributed by atoms with Gasteiger partial charge in [0.2, 0.25) is 10.0 Å². The Morgan fingerprint density at radius 3 is 2.57 bits per heavy atom. The lowest BCUT2D eigenvalue weighted by atomic mass is 10.2. The minimum absolute atomic E-state index is 0.147. The molecule has 0 N–H and O–H groups in total. The lowest BCUT2D eigenvalue weighted by Crippen LogP contribution is -2.49. The van der Waals surface area contributed by atoms with Crippen molar-refractivity contribution >= 4 is 37.4 Å². The molecular weight excluding hydrogens is 422 g/mol. The summed E-state index contributed by atoms with van der Waals surface area (Å²) >= 11 is 1.64. The molecule has 1 aromatic carbocycles. The van der Waals surface area contributed by atoms with Crippen molar-refractivity contribution in [1.82, 2.24) is 19.4 Å². The number of nitrogens with zero attached hydrogens (tertiary/aromatic N) is 5. The molecule has 0 bridgehead atoms. The average molecular weight is 442 g/mol. The number of benzene rings is 1. The summed E-state index contributed by atoms with van der Waals surface area (Å²) in [5.41, 5.74) is 1.57. The Labute approximate surface area is 177 Å². The van der Waals surface area contributed by atoms with E-state index in [0.29, 0.717) is 31.9 Å². The van der Waals surface area contributed by atoms with Gasteiger partial charge in [0.1, 0.15) is 29.0 Å². The Hall–Kier alpha value is -2.82. The smallest absolute Gasteiger partial charge is 0.220 e. The third kappa shape index (κ3) is 3.69. The molecule has 1 saturated heterocycles. The highest BCUT2D eigenvalue weighted by Crippen LogP contribution is 2.36. The van der Waals surface area contributed by atoms with E-state index in [0.717, 1.165) is 26.5 Å². The van der Waals surface area contributed by atoms with E-state index in [1.165, 1.54) is 10.6 Å². The first-order valence-electron chi connectivity index (χ1n) is 9.52. The zero-order valence-electron chi connectivity index (χ0n) is 16.0. The van der Waals surface area contributed by atoms with Crippen molar-refractivity contribution < 1.29 is 12.9 Å². The number of rotatable bonds is 5. The Morgan fingerprint density at radius 1 is 1.03 bits per heavy atom. The van der Waals surface area contributed by atoms with Gasteiger partial charge in [-0.15, -0.1) is 11.3 Å². The number of hydrogen-bond donors (Lipinski definition) is 0. The van der Waals surface area contributed by atoms with E-state index in [4.69, 9.17) is 4.52 Å². The molecule has 10 heteroatoms. The predicted octanol–water partition coefficient (Wildman–Crippen LogP) is 3.00. The Kier molecular flexibility index (Phi) is 4.97. The molecule has 0 atom stereocenters. The van der Waals surface area contributed by atoms with E-state index in [2.05, 4.69) is 38.2 Å². The molecule has 0 radical (unpaired) electrons. The van der Waals surface area contributed by atoms with Crippen LogP contribution in [0.3, 0.4) is 0 Å². The average Bonchev–Trinajstić information content (AvgIpc) is 3.43. The van der Waals surface area contributed by atoms with Crippen LogP contribution in [0, 0.1) is 0 Å². The molecule has 0 amide bonds. The van der Waals surface area contributed by atoms with Gasteiger partial charge < -0.3 is 9.42 Å². The molecule has 30 heavy (non-hydrogen) atoms. The normalized spacial score (nSPS) is 15.7. The van der Waals surface area contributed by atoms with Crippen molar-refractivity contribution in [2.45, 2.75) is 5.75 Å². The van der Waals surface area contributed by atoms with Crippen LogP contribution in [-0.2, 0) is 15.8 Å². The van der Waals surface area contributed by atoms with Gasteiger partial charge in [-0.3, -0.25) is 0 Å². The minimum atomic E-state index is -3.43. The first kappa shape index (κ1) is 19.2. The first-order valence-corrected chi connectivity index (χ1v) is 11.9. The second-order valence-electron chi connectivity index (χ2n) is 7.03. The van der Waals surface area contributed by atoms with Crippen LogP contribution >= 0.6 is 11.3 Å². The summed E-state index contributed by atoms with van der Waals surface area (Å²) < 4.78 is 31.6. The number of thiophene rings is 1. The summed E-state index contributed by atoms with van der Waals surface area (Å²) in [4.78, 5) is 13.2. The van der Waals surface area contributed by atoms with E-state index in [1.54, 1.807) is 23.7 Å². The maximum atomic E-state index is 12.7. The molecule has 1 aliphatic heterocycles. The maximum absolute atomic E-state index is 12.7. The summed E-state index contributed by atoms with van der Waals surface area (Å²) in [6.07, 6.45) is 2.96. The third-order valence-corrected chi connectivity index (χ3v) is 8.02. The number of aromatic nitrogens is 3. The van der Waals surface area contributed by atoms with Gasteiger partial charge in [0.05, 0.1) is 11.1 Å². The molecule has 0 saturated carbocycles. The number of sulfonamides is 1.